The molecule has 132 valence electrons. The van der Waals surface area contributed by atoms with Gasteiger partial charge in [-0.2, -0.15) is 0 Å². The number of nitrogens with two attached hydrogens (primary N) is 1. The van der Waals surface area contributed by atoms with E-state index in [4.69, 9.17) is 5.73 Å². The quantitative estimate of drug-likeness (QED) is 0.781. The summed E-state index contributed by atoms with van der Waals surface area (Å²) < 4.78 is 0. The number of anilines is 1. The number of carbonyl (C=O) groups is 1. The first-order valence-electron chi connectivity index (χ1n) is 8.77. The zero-order valence-electron chi connectivity index (χ0n) is 14.5. The molecule has 1 fully saturated rings. The minimum absolute atomic E-state index is 0.314. The molecule has 1 saturated heterocycles. The van der Waals surface area contributed by atoms with Crippen LogP contribution in [0.15, 0.2) is 60.9 Å². The monoisotopic (exact) mass is 347 g/mol. The van der Waals surface area contributed by atoms with E-state index in [9.17, 15) is 4.79 Å². The van der Waals surface area contributed by atoms with Crippen LogP contribution < -0.4 is 10.6 Å². The molecule has 26 heavy (non-hydrogen) atoms. The highest BCUT2D eigenvalue weighted by Gasteiger charge is 2.30. The maximum Gasteiger partial charge on any atom is 0.239 e. The van der Waals surface area contributed by atoms with Gasteiger partial charge in [-0.3, -0.25) is 9.69 Å². The number of hydrogen-bond donors (Lipinski definition) is 1. The second-order valence-electron chi connectivity index (χ2n) is 6.45. The highest BCUT2D eigenvalue weighted by molar-refractivity contribution is 5.92. The van der Waals surface area contributed by atoms with E-state index in [1.54, 1.807) is 12.4 Å². The first-order valence-corrected chi connectivity index (χ1v) is 8.77. The summed E-state index contributed by atoms with van der Waals surface area (Å²) in [6, 6.07) is 15.5. The second kappa shape index (κ2) is 7.09. The topological polar surface area (TPSA) is 75.4 Å². The number of primary amides is 1. The average Bonchev–Trinajstić information content (AvgIpc) is 2.69. The van der Waals surface area contributed by atoms with Crippen molar-refractivity contribution in [2.75, 3.05) is 31.1 Å². The fraction of sp³-hybridized carbons (Fsp3) is 0.250. The van der Waals surface area contributed by atoms with Gasteiger partial charge in [0.1, 0.15) is 6.04 Å². The van der Waals surface area contributed by atoms with E-state index in [1.165, 1.54) is 0 Å². The molecule has 6 heteroatoms. The number of amides is 1. The summed E-state index contributed by atoms with van der Waals surface area (Å²) >= 11 is 0. The second-order valence-corrected chi connectivity index (χ2v) is 6.45. The zero-order chi connectivity index (χ0) is 17.9. The Balaban J connectivity index is 1.59. The summed E-state index contributed by atoms with van der Waals surface area (Å²) in [4.78, 5) is 25.3. The molecule has 2 heterocycles. The van der Waals surface area contributed by atoms with Gasteiger partial charge in [-0.1, -0.05) is 42.5 Å². The SMILES string of the molecule is NC(=O)C(c1cccc2ccccc12)N1CCN(c2ncccn2)CC1. The first kappa shape index (κ1) is 16.5. The van der Waals surface area contributed by atoms with E-state index in [2.05, 4.69) is 38.0 Å². The van der Waals surface area contributed by atoms with Crippen LogP contribution in [0, 0.1) is 0 Å². The molecule has 6 nitrogen and oxygen atoms in total. The Morgan fingerprint density at radius 3 is 2.35 bits per heavy atom. The predicted molar refractivity (Wildman–Crippen MR) is 102 cm³/mol. The number of fused-ring (bicyclic) bond motifs is 1. The normalized spacial score (nSPS) is 16.5. The lowest BCUT2D eigenvalue weighted by Crippen LogP contribution is -2.50. The van der Waals surface area contributed by atoms with Gasteiger partial charge in [0.2, 0.25) is 11.9 Å². The average molecular weight is 347 g/mol. The fourth-order valence-electron chi connectivity index (χ4n) is 3.65. The highest BCUT2D eigenvalue weighted by atomic mass is 16.1. The fourth-order valence-corrected chi connectivity index (χ4v) is 3.65. The molecule has 0 spiro atoms. The van der Waals surface area contributed by atoms with Gasteiger partial charge in [-0.15, -0.1) is 0 Å². The number of rotatable bonds is 4. The molecule has 0 saturated carbocycles. The van der Waals surface area contributed by atoms with Gasteiger partial charge < -0.3 is 10.6 Å². The third-order valence-corrected chi connectivity index (χ3v) is 4.90. The number of benzene rings is 2. The minimum atomic E-state index is -0.431. The van der Waals surface area contributed by atoms with Crippen molar-refractivity contribution < 1.29 is 4.79 Å². The number of aromatic nitrogens is 2. The van der Waals surface area contributed by atoms with E-state index in [0.29, 0.717) is 0 Å². The zero-order valence-corrected chi connectivity index (χ0v) is 14.5. The van der Waals surface area contributed by atoms with Crippen LogP contribution in [-0.4, -0.2) is 47.0 Å². The Morgan fingerprint density at radius 2 is 1.62 bits per heavy atom. The van der Waals surface area contributed by atoms with Crippen molar-refractivity contribution in [3.8, 4) is 0 Å². The van der Waals surface area contributed by atoms with Crippen molar-refractivity contribution in [2.45, 2.75) is 6.04 Å². The van der Waals surface area contributed by atoms with E-state index >= 15 is 0 Å². The van der Waals surface area contributed by atoms with Gasteiger partial charge in [0.25, 0.3) is 0 Å². The number of carbonyl (C=O) groups excluding carboxylic acids is 1. The molecule has 1 aliphatic heterocycles. The summed E-state index contributed by atoms with van der Waals surface area (Å²) in [6.45, 7) is 2.99. The van der Waals surface area contributed by atoms with E-state index in [1.807, 2.05) is 30.3 Å². The molecule has 0 radical (unpaired) electrons. The van der Waals surface area contributed by atoms with E-state index < -0.39 is 6.04 Å². The van der Waals surface area contributed by atoms with Gasteiger partial charge in [0, 0.05) is 38.6 Å². The maximum atomic E-state index is 12.3. The van der Waals surface area contributed by atoms with Crippen molar-refractivity contribution in [2.24, 2.45) is 5.73 Å². The summed E-state index contributed by atoms with van der Waals surface area (Å²) in [5, 5.41) is 2.19. The van der Waals surface area contributed by atoms with Crippen LogP contribution in [0.2, 0.25) is 0 Å². The van der Waals surface area contributed by atoms with Crippen LogP contribution in [0.1, 0.15) is 11.6 Å². The smallest absolute Gasteiger partial charge is 0.239 e. The molecule has 3 aromatic rings. The van der Waals surface area contributed by atoms with Crippen molar-refractivity contribution >= 4 is 22.6 Å². The summed E-state index contributed by atoms with van der Waals surface area (Å²) in [5.41, 5.74) is 6.79. The molecule has 2 aromatic carbocycles. The van der Waals surface area contributed by atoms with Crippen LogP contribution in [0.25, 0.3) is 10.8 Å². The molecule has 1 aliphatic rings. The van der Waals surface area contributed by atoms with Crippen molar-refractivity contribution in [3.63, 3.8) is 0 Å². The summed E-state index contributed by atoms with van der Waals surface area (Å²) in [7, 11) is 0. The van der Waals surface area contributed by atoms with Crippen molar-refractivity contribution in [1.29, 1.82) is 0 Å². The molecule has 1 amide bonds. The maximum absolute atomic E-state index is 12.3. The Bertz CT molecular complexity index is 901. The molecule has 2 N–H and O–H groups in total. The molecule has 0 bridgehead atoms. The lowest BCUT2D eigenvalue weighted by atomic mass is 9.96. The third-order valence-electron chi connectivity index (χ3n) is 4.90. The molecular formula is C20H21N5O. The van der Waals surface area contributed by atoms with Gasteiger partial charge in [0.15, 0.2) is 0 Å². The van der Waals surface area contributed by atoms with Gasteiger partial charge in [-0.25, -0.2) is 9.97 Å². The van der Waals surface area contributed by atoms with E-state index in [-0.39, 0.29) is 5.91 Å². The Labute approximate surface area is 152 Å². The van der Waals surface area contributed by atoms with E-state index in [0.717, 1.165) is 48.5 Å². The molecular weight excluding hydrogens is 326 g/mol. The number of piperazine rings is 1. The number of nitrogens with zero attached hydrogens (tertiary/aromatic N) is 4. The molecule has 0 aliphatic carbocycles. The van der Waals surface area contributed by atoms with Crippen LogP contribution in [0.4, 0.5) is 5.95 Å². The Kier molecular flexibility index (Phi) is 4.50. The Morgan fingerprint density at radius 1 is 0.923 bits per heavy atom. The molecule has 1 unspecified atom stereocenters. The lowest BCUT2D eigenvalue weighted by Gasteiger charge is -2.38. The van der Waals surface area contributed by atoms with Crippen LogP contribution in [0.5, 0.6) is 0 Å². The minimum Gasteiger partial charge on any atom is -0.368 e. The van der Waals surface area contributed by atoms with Gasteiger partial charge >= 0.3 is 0 Å². The lowest BCUT2D eigenvalue weighted by molar-refractivity contribution is -0.123. The number of hydrogen-bond acceptors (Lipinski definition) is 5. The van der Waals surface area contributed by atoms with Crippen molar-refractivity contribution in [1.82, 2.24) is 14.9 Å². The van der Waals surface area contributed by atoms with Crippen LogP contribution in [-0.2, 0) is 4.79 Å². The van der Waals surface area contributed by atoms with Gasteiger partial charge in [-0.05, 0) is 22.4 Å². The Hall–Kier alpha value is -2.99. The van der Waals surface area contributed by atoms with Crippen LogP contribution >= 0.6 is 0 Å². The van der Waals surface area contributed by atoms with Crippen LogP contribution in [0.3, 0.4) is 0 Å². The standard InChI is InChI=1S/C20H21N5O/c21-19(26)18(17-8-3-6-15-5-1-2-7-16(15)17)24-11-13-25(14-12-24)20-22-9-4-10-23-20/h1-10,18H,11-14H2,(H2,21,26). The van der Waals surface area contributed by atoms with Gasteiger partial charge in [0.05, 0.1) is 0 Å². The third kappa shape index (κ3) is 3.11. The molecule has 4 rings (SSSR count). The summed E-state index contributed by atoms with van der Waals surface area (Å²) in [6.07, 6.45) is 3.49. The molecule has 1 atom stereocenters. The first-order chi connectivity index (χ1) is 12.7. The largest absolute Gasteiger partial charge is 0.368 e. The highest BCUT2D eigenvalue weighted by Crippen LogP contribution is 2.29. The summed E-state index contributed by atoms with van der Waals surface area (Å²) in [5.74, 6) is 0.415. The van der Waals surface area contributed by atoms with Crippen molar-refractivity contribution in [3.05, 3.63) is 66.5 Å². The predicted octanol–water partition coefficient (Wildman–Crippen LogP) is 1.98. The molecule has 1 aromatic heterocycles.